The fraction of sp³-hybridized carbons (Fsp3) is 0.632. The monoisotopic (exact) mass is 316 g/mol. The van der Waals surface area contributed by atoms with Crippen molar-refractivity contribution in [3.05, 3.63) is 35.9 Å². The van der Waals surface area contributed by atoms with Crippen LogP contribution >= 0.6 is 0 Å². The van der Waals surface area contributed by atoms with Crippen LogP contribution in [0.4, 0.5) is 0 Å². The van der Waals surface area contributed by atoms with Crippen molar-refractivity contribution in [3.8, 4) is 0 Å². The zero-order valence-corrected chi connectivity index (χ0v) is 13.9. The Labute approximate surface area is 139 Å². The third-order valence-corrected chi connectivity index (χ3v) is 5.00. The molecule has 2 heterocycles. The maximum atomic E-state index is 12.4. The molecule has 4 nitrogen and oxygen atoms in total. The number of likely N-dealkylation sites (tertiary alicyclic amines) is 1. The molecule has 2 fully saturated rings. The van der Waals surface area contributed by atoms with Gasteiger partial charge in [0.1, 0.15) is 0 Å². The molecule has 1 atom stereocenters. The van der Waals surface area contributed by atoms with Crippen LogP contribution < -0.4 is 5.32 Å². The summed E-state index contributed by atoms with van der Waals surface area (Å²) in [6.45, 7) is 4.67. The average Bonchev–Trinajstić information content (AvgIpc) is 2.62. The number of amides is 1. The molecule has 23 heavy (non-hydrogen) atoms. The van der Waals surface area contributed by atoms with Crippen molar-refractivity contribution < 1.29 is 9.53 Å². The van der Waals surface area contributed by atoms with Gasteiger partial charge in [0.2, 0.25) is 5.91 Å². The summed E-state index contributed by atoms with van der Waals surface area (Å²) < 4.78 is 5.34. The van der Waals surface area contributed by atoms with E-state index >= 15 is 0 Å². The maximum Gasteiger partial charge on any atom is 0.223 e. The SMILES string of the molecule is O=C(NC1CCCN(CCc2ccccc2)C1)C1CCOCC1. The number of hydrogen-bond acceptors (Lipinski definition) is 3. The highest BCUT2D eigenvalue weighted by Gasteiger charge is 2.26. The summed E-state index contributed by atoms with van der Waals surface area (Å²) in [6, 6.07) is 11.0. The number of rotatable bonds is 5. The Balaban J connectivity index is 1.43. The lowest BCUT2D eigenvalue weighted by Crippen LogP contribution is -2.50. The zero-order chi connectivity index (χ0) is 15.9. The minimum atomic E-state index is 0.156. The molecular formula is C19H28N2O2. The summed E-state index contributed by atoms with van der Waals surface area (Å²) in [5, 5.41) is 3.28. The van der Waals surface area contributed by atoms with Gasteiger partial charge >= 0.3 is 0 Å². The lowest BCUT2D eigenvalue weighted by Gasteiger charge is -2.34. The third kappa shape index (κ3) is 5.05. The van der Waals surface area contributed by atoms with Crippen LogP contribution in [0.5, 0.6) is 0 Å². The minimum Gasteiger partial charge on any atom is -0.381 e. The average molecular weight is 316 g/mol. The van der Waals surface area contributed by atoms with E-state index in [4.69, 9.17) is 4.74 Å². The Morgan fingerprint density at radius 3 is 2.74 bits per heavy atom. The van der Waals surface area contributed by atoms with Gasteiger partial charge in [-0.15, -0.1) is 0 Å². The minimum absolute atomic E-state index is 0.156. The summed E-state index contributed by atoms with van der Waals surface area (Å²) in [4.78, 5) is 14.9. The van der Waals surface area contributed by atoms with E-state index in [1.807, 2.05) is 0 Å². The summed E-state index contributed by atoms with van der Waals surface area (Å²) in [5.41, 5.74) is 1.39. The molecule has 2 saturated heterocycles. The first-order chi connectivity index (χ1) is 11.3. The smallest absolute Gasteiger partial charge is 0.223 e. The second-order valence-electron chi connectivity index (χ2n) is 6.77. The number of carbonyl (C=O) groups excluding carboxylic acids is 1. The number of carbonyl (C=O) groups is 1. The van der Waals surface area contributed by atoms with E-state index < -0.39 is 0 Å². The summed E-state index contributed by atoms with van der Waals surface area (Å²) >= 11 is 0. The van der Waals surface area contributed by atoms with Crippen LogP contribution in [0.3, 0.4) is 0 Å². The van der Waals surface area contributed by atoms with Crippen LogP contribution in [0, 0.1) is 5.92 Å². The second-order valence-corrected chi connectivity index (χ2v) is 6.77. The van der Waals surface area contributed by atoms with Crippen LogP contribution in [0.25, 0.3) is 0 Å². The molecule has 0 saturated carbocycles. The largest absolute Gasteiger partial charge is 0.381 e. The fourth-order valence-corrected chi connectivity index (χ4v) is 3.59. The molecule has 126 valence electrons. The lowest BCUT2D eigenvalue weighted by molar-refractivity contribution is -0.128. The molecule has 1 aromatic carbocycles. The van der Waals surface area contributed by atoms with E-state index in [9.17, 15) is 4.79 Å². The van der Waals surface area contributed by atoms with Crippen LogP contribution in [0.15, 0.2) is 30.3 Å². The van der Waals surface area contributed by atoms with Crippen molar-refractivity contribution in [2.75, 3.05) is 32.8 Å². The molecule has 2 aliphatic heterocycles. The number of piperidine rings is 1. The van der Waals surface area contributed by atoms with Gasteiger partial charge in [-0.1, -0.05) is 30.3 Å². The van der Waals surface area contributed by atoms with Gasteiger partial charge in [-0.25, -0.2) is 0 Å². The van der Waals surface area contributed by atoms with Crippen molar-refractivity contribution in [1.82, 2.24) is 10.2 Å². The highest BCUT2D eigenvalue weighted by molar-refractivity contribution is 5.79. The van der Waals surface area contributed by atoms with Crippen molar-refractivity contribution in [2.24, 2.45) is 5.92 Å². The first kappa shape index (κ1) is 16.5. The van der Waals surface area contributed by atoms with Crippen LogP contribution in [-0.2, 0) is 16.0 Å². The van der Waals surface area contributed by atoms with Gasteiger partial charge in [0.15, 0.2) is 0 Å². The molecule has 0 bridgehead atoms. The van der Waals surface area contributed by atoms with Crippen LogP contribution in [0.1, 0.15) is 31.2 Å². The van der Waals surface area contributed by atoms with Crippen LogP contribution in [-0.4, -0.2) is 49.7 Å². The maximum absolute atomic E-state index is 12.4. The van der Waals surface area contributed by atoms with Gasteiger partial charge in [-0.3, -0.25) is 4.79 Å². The molecule has 1 aromatic rings. The summed E-state index contributed by atoms with van der Waals surface area (Å²) in [6.07, 6.45) is 5.11. The number of nitrogens with zero attached hydrogens (tertiary/aromatic N) is 1. The second kappa shape index (κ2) is 8.46. The van der Waals surface area contributed by atoms with Crippen LogP contribution in [0.2, 0.25) is 0 Å². The predicted octanol–water partition coefficient (Wildman–Crippen LogP) is 2.24. The number of hydrogen-bond donors (Lipinski definition) is 1. The fourth-order valence-electron chi connectivity index (χ4n) is 3.59. The highest BCUT2D eigenvalue weighted by atomic mass is 16.5. The van der Waals surface area contributed by atoms with Gasteiger partial charge in [0, 0.05) is 38.3 Å². The van der Waals surface area contributed by atoms with Crippen molar-refractivity contribution in [1.29, 1.82) is 0 Å². The first-order valence-electron chi connectivity index (χ1n) is 8.95. The van der Waals surface area contributed by atoms with E-state index in [0.717, 1.165) is 58.5 Å². The molecule has 3 rings (SSSR count). The molecule has 0 spiro atoms. The first-order valence-corrected chi connectivity index (χ1v) is 8.95. The van der Waals surface area contributed by atoms with E-state index in [1.54, 1.807) is 0 Å². The topological polar surface area (TPSA) is 41.6 Å². The molecule has 1 N–H and O–H groups in total. The zero-order valence-electron chi connectivity index (χ0n) is 13.9. The Morgan fingerprint density at radius 1 is 1.17 bits per heavy atom. The molecule has 1 unspecified atom stereocenters. The van der Waals surface area contributed by atoms with Crippen molar-refractivity contribution in [3.63, 3.8) is 0 Å². The Morgan fingerprint density at radius 2 is 1.96 bits per heavy atom. The standard InChI is InChI=1S/C19H28N2O2/c22-19(17-9-13-23-14-10-17)20-18-7-4-11-21(15-18)12-8-16-5-2-1-3-6-16/h1-3,5-6,17-18H,4,7-15H2,(H,20,22). The molecule has 4 heteroatoms. The lowest BCUT2D eigenvalue weighted by atomic mass is 9.97. The van der Waals surface area contributed by atoms with Crippen molar-refractivity contribution >= 4 is 5.91 Å². The predicted molar refractivity (Wildman–Crippen MR) is 91.3 cm³/mol. The molecule has 2 aliphatic rings. The quantitative estimate of drug-likeness (QED) is 0.906. The number of ether oxygens (including phenoxy) is 1. The van der Waals surface area contributed by atoms with Crippen molar-refractivity contribution in [2.45, 2.75) is 38.1 Å². The van der Waals surface area contributed by atoms with Gasteiger partial charge in [-0.2, -0.15) is 0 Å². The third-order valence-electron chi connectivity index (χ3n) is 5.00. The molecule has 1 amide bonds. The van der Waals surface area contributed by atoms with Gasteiger partial charge < -0.3 is 15.0 Å². The van der Waals surface area contributed by atoms with E-state index in [2.05, 4.69) is 40.5 Å². The Hall–Kier alpha value is -1.39. The molecule has 0 aromatic heterocycles. The number of nitrogens with one attached hydrogen (secondary N) is 1. The number of benzene rings is 1. The Kier molecular flexibility index (Phi) is 6.06. The Bertz CT molecular complexity index is 485. The highest BCUT2D eigenvalue weighted by Crippen LogP contribution is 2.17. The van der Waals surface area contributed by atoms with Gasteiger partial charge in [-0.05, 0) is 44.2 Å². The summed E-state index contributed by atoms with van der Waals surface area (Å²) in [7, 11) is 0. The summed E-state index contributed by atoms with van der Waals surface area (Å²) in [5.74, 6) is 0.395. The molecule has 0 radical (unpaired) electrons. The van der Waals surface area contributed by atoms with E-state index in [-0.39, 0.29) is 11.8 Å². The van der Waals surface area contributed by atoms with Gasteiger partial charge in [0.05, 0.1) is 0 Å². The molecular weight excluding hydrogens is 288 g/mol. The van der Waals surface area contributed by atoms with E-state index in [0.29, 0.717) is 6.04 Å². The normalized spacial score (nSPS) is 23.6. The van der Waals surface area contributed by atoms with Gasteiger partial charge in [0.25, 0.3) is 0 Å². The van der Waals surface area contributed by atoms with E-state index in [1.165, 1.54) is 12.0 Å². The molecule has 0 aliphatic carbocycles.